The Hall–Kier alpha value is -3.52. The molecule has 1 aliphatic heterocycles. The number of hydrogen-bond acceptors (Lipinski definition) is 5. The van der Waals surface area contributed by atoms with Crippen molar-refractivity contribution in [1.29, 1.82) is 0 Å². The first-order valence-corrected chi connectivity index (χ1v) is 10.4. The van der Waals surface area contributed by atoms with E-state index in [1.807, 2.05) is 54.6 Å². The van der Waals surface area contributed by atoms with Crippen LogP contribution in [0.3, 0.4) is 0 Å². The van der Waals surface area contributed by atoms with E-state index in [1.54, 1.807) is 6.92 Å². The number of aromatic nitrogens is 3. The standard InChI is InChI=1S/C22H18N4O3S/c1-13-19(15-11-18(27)25(20(15)28)12-14-7-3-2-4-8-14)21(29)26(24-13)22-23-16-9-5-6-10-17(16)30-22/h2-10,15,24H,11-12H2,1H3/t15-/m0/s1. The number of thiazole rings is 1. The number of likely N-dealkylation sites (tertiary alicyclic amines) is 1. The summed E-state index contributed by atoms with van der Waals surface area (Å²) in [6.45, 7) is 1.96. The van der Waals surface area contributed by atoms with E-state index in [1.165, 1.54) is 20.9 Å². The molecule has 30 heavy (non-hydrogen) atoms. The van der Waals surface area contributed by atoms with E-state index >= 15 is 0 Å². The maximum absolute atomic E-state index is 13.2. The Bertz CT molecular complexity index is 1300. The molecule has 1 aliphatic rings. The third-order valence-corrected chi connectivity index (χ3v) is 6.39. The smallest absolute Gasteiger partial charge is 0.277 e. The lowest BCUT2D eigenvalue weighted by molar-refractivity contribution is -0.139. The van der Waals surface area contributed by atoms with E-state index in [0.717, 1.165) is 15.8 Å². The molecule has 1 fully saturated rings. The molecular formula is C22H18N4O3S. The number of carbonyl (C=O) groups excluding carboxylic acids is 2. The Morgan fingerprint density at radius 1 is 1.07 bits per heavy atom. The first-order valence-electron chi connectivity index (χ1n) is 9.58. The normalized spacial score (nSPS) is 16.7. The number of aryl methyl sites for hydroxylation is 1. The van der Waals surface area contributed by atoms with Crippen molar-refractivity contribution in [2.24, 2.45) is 0 Å². The van der Waals surface area contributed by atoms with Gasteiger partial charge in [-0.15, -0.1) is 0 Å². The van der Waals surface area contributed by atoms with Gasteiger partial charge in [-0.2, -0.15) is 4.68 Å². The highest BCUT2D eigenvalue weighted by atomic mass is 32.1. The van der Waals surface area contributed by atoms with Crippen LogP contribution in [-0.2, 0) is 16.1 Å². The Kier molecular flexibility index (Phi) is 4.36. The number of nitrogens with zero attached hydrogens (tertiary/aromatic N) is 3. The van der Waals surface area contributed by atoms with Gasteiger partial charge in [0.15, 0.2) is 0 Å². The second-order valence-electron chi connectivity index (χ2n) is 7.32. The van der Waals surface area contributed by atoms with E-state index in [0.29, 0.717) is 16.4 Å². The van der Waals surface area contributed by atoms with Crippen LogP contribution in [0.1, 0.15) is 29.2 Å². The highest BCUT2D eigenvalue weighted by Gasteiger charge is 2.42. The fourth-order valence-corrected chi connectivity index (χ4v) is 4.83. The second-order valence-corrected chi connectivity index (χ2v) is 8.32. The number of fused-ring (bicyclic) bond motifs is 1. The zero-order chi connectivity index (χ0) is 20.8. The molecule has 0 bridgehead atoms. The SMILES string of the molecule is Cc1[nH]n(-c2nc3ccccc3s2)c(=O)c1[C@@H]1CC(=O)N(Cc2ccccc2)C1=O. The molecule has 4 aromatic rings. The van der Waals surface area contributed by atoms with Gasteiger partial charge in [0.2, 0.25) is 16.9 Å². The van der Waals surface area contributed by atoms with Crippen LogP contribution in [0.2, 0.25) is 0 Å². The van der Waals surface area contributed by atoms with E-state index in [4.69, 9.17) is 0 Å². The van der Waals surface area contributed by atoms with Crippen molar-refractivity contribution < 1.29 is 9.59 Å². The number of para-hydroxylation sites is 1. The average Bonchev–Trinajstić information content (AvgIpc) is 3.38. The number of rotatable bonds is 4. The summed E-state index contributed by atoms with van der Waals surface area (Å²) in [6.07, 6.45) is -0.000551. The number of imide groups is 1. The molecule has 2 aromatic carbocycles. The monoisotopic (exact) mass is 418 g/mol. The van der Waals surface area contributed by atoms with E-state index in [-0.39, 0.29) is 30.3 Å². The second kappa shape index (κ2) is 7.07. The van der Waals surface area contributed by atoms with E-state index in [2.05, 4.69) is 10.1 Å². The molecule has 1 saturated heterocycles. The predicted octanol–water partition coefficient (Wildman–Crippen LogP) is 3.13. The molecule has 8 heteroatoms. The van der Waals surface area contributed by atoms with Gasteiger partial charge in [-0.05, 0) is 24.6 Å². The van der Waals surface area contributed by atoms with Crippen molar-refractivity contribution in [2.45, 2.75) is 25.8 Å². The van der Waals surface area contributed by atoms with Crippen molar-refractivity contribution >= 4 is 33.4 Å². The summed E-state index contributed by atoms with van der Waals surface area (Å²) in [5.74, 6) is -1.37. The third-order valence-electron chi connectivity index (χ3n) is 5.37. The van der Waals surface area contributed by atoms with Gasteiger partial charge in [0, 0.05) is 12.1 Å². The highest BCUT2D eigenvalue weighted by molar-refractivity contribution is 7.20. The lowest BCUT2D eigenvalue weighted by Crippen LogP contribution is -2.30. The molecule has 0 saturated carbocycles. The highest BCUT2D eigenvalue weighted by Crippen LogP contribution is 2.31. The number of hydrogen-bond donors (Lipinski definition) is 1. The van der Waals surface area contributed by atoms with Crippen LogP contribution in [-0.4, -0.2) is 31.5 Å². The molecule has 150 valence electrons. The molecule has 0 unspecified atom stereocenters. The van der Waals surface area contributed by atoms with Gasteiger partial charge in [0.05, 0.1) is 28.2 Å². The quantitative estimate of drug-likeness (QED) is 0.516. The van der Waals surface area contributed by atoms with Gasteiger partial charge >= 0.3 is 0 Å². The largest absolute Gasteiger partial charge is 0.293 e. The molecule has 5 rings (SSSR count). The molecule has 1 atom stereocenters. The van der Waals surface area contributed by atoms with Gasteiger partial charge in [-0.25, -0.2) is 4.98 Å². The lowest BCUT2D eigenvalue weighted by atomic mass is 9.98. The minimum absolute atomic E-state index is 0.000551. The van der Waals surface area contributed by atoms with E-state index in [9.17, 15) is 14.4 Å². The summed E-state index contributed by atoms with van der Waals surface area (Å²) < 4.78 is 2.34. The number of H-pyrrole nitrogens is 1. The fourth-order valence-electron chi connectivity index (χ4n) is 3.90. The molecule has 0 aliphatic carbocycles. The minimum Gasteiger partial charge on any atom is -0.293 e. The van der Waals surface area contributed by atoms with Crippen LogP contribution < -0.4 is 5.56 Å². The van der Waals surface area contributed by atoms with Crippen LogP contribution in [0, 0.1) is 6.92 Å². The van der Waals surface area contributed by atoms with Crippen LogP contribution in [0.4, 0.5) is 0 Å². The maximum atomic E-state index is 13.2. The van der Waals surface area contributed by atoms with Gasteiger partial charge in [-0.3, -0.25) is 24.4 Å². The van der Waals surface area contributed by atoms with Crippen molar-refractivity contribution in [3.05, 3.63) is 81.8 Å². The number of benzene rings is 2. The van der Waals surface area contributed by atoms with Gasteiger partial charge in [0.1, 0.15) is 0 Å². The fraction of sp³-hybridized carbons (Fsp3) is 0.182. The zero-order valence-corrected chi connectivity index (χ0v) is 17.0. The summed E-state index contributed by atoms with van der Waals surface area (Å²) in [4.78, 5) is 44.6. The van der Waals surface area contributed by atoms with Gasteiger partial charge in [-0.1, -0.05) is 53.8 Å². The minimum atomic E-state index is -0.777. The van der Waals surface area contributed by atoms with Gasteiger partial charge < -0.3 is 0 Å². The first kappa shape index (κ1) is 18.5. The number of nitrogens with one attached hydrogen (secondary N) is 1. The summed E-state index contributed by atoms with van der Waals surface area (Å²) >= 11 is 1.39. The average molecular weight is 418 g/mol. The molecule has 7 nitrogen and oxygen atoms in total. The summed E-state index contributed by atoms with van der Waals surface area (Å²) in [7, 11) is 0. The third kappa shape index (κ3) is 2.96. The Labute approximate surface area is 175 Å². The van der Waals surface area contributed by atoms with Crippen LogP contribution in [0.25, 0.3) is 15.3 Å². The van der Waals surface area contributed by atoms with Gasteiger partial charge in [0.25, 0.3) is 5.56 Å². The van der Waals surface area contributed by atoms with Crippen molar-refractivity contribution in [3.63, 3.8) is 0 Å². The molecule has 2 amide bonds. The molecular weight excluding hydrogens is 400 g/mol. The summed E-state index contributed by atoms with van der Waals surface area (Å²) in [5.41, 5.74) is 2.26. The molecule has 0 spiro atoms. The number of amides is 2. The number of carbonyl (C=O) groups is 2. The van der Waals surface area contributed by atoms with Crippen molar-refractivity contribution in [2.75, 3.05) is 0 Å². The van der Waals surface area contributed by atoms with Crippen LogP contribution >= 0.6 is 11.3 Å². The first-order chi connectivity index (χ1) is 14.5. The molecule has 2 aromatic heterocycles. The molecule has 0 radical (unpaired) electrons. The predicted molar refractivity (Wildman–Crippen MR) is 114 cm³/mol. The maximum Gasteiger partial charge on any atom is 0.277 e. The van der Waals surface area contributed by atoms with Crippen LogP contribution in [0.15, 0.2) is 59.4 Å². The lowest BCUT2D eigenvalue weighted by Gasteiger charge is -2.14. The zero-order valence-electron chi connectivity index (χ0n) is 16.2. The van der Waals surface area contributed by atoms with Crippen molar-refractivity contribution in [3.8, 4) is 5.13 Å². The van der Waals surface area contributed by atoms with Crippen molar-refractivity contribution in [1.82, 2.24) is 19.7 Å². The summed E-state index contributed by atoms with van der Waals surface area (Å²) in [6, 6.07) is 17.0. The Morgan fingerprint density at radius 3 is 2.57 bits per heavy atom. The Balaban J connectivity index is 1.50. The topological polar surface area (TPSA) is 88.1 Å². The van der Waals surface area contributed by atoms with E-state index < -0.39 is 5.92 Å². The molecule has 3 heterocycles. The summed E-state index contributed by atoms with van der Waals surface area (Å²) in [5, 5.41) is 3.54. The van der Waals surface area contributed by atoms with Crippen LogP contribution in [0.5, 0.6) is 0 Å². The number of aromatic amines is 1. The Morgan fingerprint density at radius 2 is 1.80 bits per heavy atom. The molecule has 1 N–H and O–H groups in total.